The molecule has 0 fully saturated rings. The summed E-state index contributed by atoms with van der Waals surface area (Å²) in [4.78, 5) is 23.6. The molecule has 0 aliphatic carbocycles. The Morgan fingerprint density at radius 2 is 0.547 bits per heavy atom. The van der Waals surface area contributed by atoms with Gasteiger partial charge in [-0.1, -0.05) is 6.58 Å². The molecule has 4 nitrogen and oxygen atoms in total. The quantitative estimate of drug-likeness (QED) is 0.249. The summed E-state index contributed by atoms with van der Waals surface area (Å²) in [5.41, 5.74) is -0.231. The molecule has 0 unspecified atom stereocenters. The third-order valence-corrected chi connectivity index (χ3v) is 3.45. The van der Waals surface area contributed by atoms with Crippen LogP contribution in [0, 0.1) is 262 Å². The van der Waals surface area contributed by atoms with Crippen LogP contribution in [-0.4, -0.2) is 11.9 Å². The van der Waals surface area contributed by atoms with E-state index in [4.69, 9.17) is 12.8 Å². The maximum Gasteiger partial charge on any atom is 0.347 e. The highest BCUT2D eigenvalue weighted by molar-refractivity contribution is 5.94. The van der Waals surface area contributed by atoms with E-state index in [1.165, 1.54) is 0 Å². The van der Waals surface area contributed by atoms with E-state index in [0.29, 0.717) is 0 Å². The molecule has 0 amide bonds. The fraction of sp³-hybridized carbons (Fsp3) is 0.0204. The van der Waals surface area contributed by atoms with E-state index in [0.717, 1.165) is 0 Å². The Kier molecular flexibility index (Phi) is 28.1. The molecule has 53 heavy (non-hydrogen) atoms. The van der Waals surface area contributed by atoms with E-state index in [1.54, 1.807) is 0 Å². The molecular formula is C49H6O4. The highest BCUT2D eigenvalue weighted by atomic mass is 16.5. The van der Waals surface area contributed by atoms with Crippen molar-refractivity contribution in [1.82, 2.24) is 0 Å². The van der Waals surface area contributed by atoms with Crippen molar-refractivity contribution < 1.29 is 19.1 Å². The van der Waals surface area contributed by atoms with E-state index in [-0.39, 0.29) is 5.57 Å². The summed E-state index contributed by atoms with van der Waals surface area (Å²) in [6.07, 6.45) is 13.4. The van der Waals surface area contributed by atoms with Gasteiger partial charge >= 0.3 is 11.9 Å². The third kappa shape index (κ3) is 33.7. The van der Waals surface area contributed by atoms with Crippen LogP contribution in [0.3, 0.4) is 0 Å². The fourth-order valence-corrected chi connectivity index (χ4v) is 1.69. The van der Waals surface area contributed by atoms with Gasteiger partial charge in [0.1, 0.15) is 12.2 Å². The molecule has 0 aliphatic heterocycles. The summed E-state index contributed by atoms with van der Waals surface area (Å²) in [6.45, 7) is 3.43. The van der Waals surface area contributed by atoms with Crippen LogP contribution in [-0.2, 0) is 19.1 Å². The van der Waals surface area contributed by atoms with E-state index in [9.17, 15) is 9.59 Å². The molecule has 0 N–H and O–H groups in total. The smallest absolute Gasteiger partial charge is 0.347 e. The second-order valence-corrected chi connectivity index (χ2v) is 6.89. The summed E-state index contributed by atoms with van der Waals surface area (Å²) in [7, 11) is 0. The summed E-state index contributed by atoms with van der Waals surface area (Å²) in [5.74, 6) is 94.0. The van der Waals surface area contributed by atoms with Gasteiger partial charge in [-0.15, -0.1) is 12.8 Å². The molecule has 0 aromatic heterocycles. The summed E-state index contributed by atoms with van der Waals surface area (Å²) < 4.78 is 9.24. The Morgan fingerprint density at radius 3 is 0.792 bits per heavy atom. The minimum Gasteiger partial charge on any atom is -0.371 e. The maximum absolute atomic E-state index is 11.8. The minimum atomic E-state index is -0.962. The SMILES string of the molecule is C#CC#CC#CC#CC#CC#CC#CC#CC#CC#CC#COC(=O)CC(=C)C(=O)OC#CC#CC#CC#CC#CC#CC#CC#CC#CC#CC#C. The first-order valence-electron chi connectivity index (χ1n) is 13.1. The molecule has 0 radical (unpaired) electrons. The van der Waals surface area contributed by atoms with E-state index in [2.05, 4.69) is 253 Å². The number of hydrogen-bond acceptors (Lipinski definition) is 4. The number of carbonyl (C=O) groups is 2. The average Bonchev–Trinajstić information content (AvgIpc) is 3.15. The zero-order valence-electron chi connectivity index (χ0n) is 26.7. The van der Waals surface area contributed by atoms with Crippen LogP contribution in [0.2, 0.25) is 0 Å². The zero-order valence-corrected chi connectivity index (χ0v) is 26.7. The number of carbonyl (C=O) groups excluding carboxylic acids is 2. The minimum absolute atomic E-state index is 0.231. The van der Waals surface area contributed by atoms with Gasteiger partial charge in [-0.05, 0) is 94.7 Å². The molecule has 0 aromatic carbocycles. The largest absolute Gasteiger partial charge is 0.371 e. The molecule has 0 heterocycles. The molecule has 0 atom stereocenters. The van der Waals surface area contributed by atoms with Crippen molar-refractivity contribution in [3.8, 4) is 262 Å². The molecule has 0 bridgehead atoms. The van der Waals surface area contributed by atoms with Crippen molar-refractivity contribution in [2.75, 3.05) is 0 Å². The normalized spacial score (nSPS) is 4.87. The monoisotopic (exact) mass is 658 g/mol. The lowest BCUT2D eigenvalue weighted by Crippen LogP contribution is -2.09. The van der Waals surface area contributed by atoms with Gasteiger partial charge in [0.25, 0.3) is 0 Å². The van der Waals surface area contributed by atoms with Gasteiger partial charge in [-0.2, -0.15) is 0 Å². The first kappa shape index (κ1) is 42.0. The average molecular weight is 659 g/mol. The maximum atomic E-state index is 11.8. The first-order chi connectivity index (χ1) is 26.1. The second-order valence-electron chi connectivity index (χ2n) is 6.89. The van der Waals surface area contributed by atoms with E-state index >= 15 is 0 Å². The molecular weight excluding hydrogens is 653 g/mol. The predicted molar refractivity (Wildman–Crippen MR) is 199 cm³/mol. The zero-order chi connectivity index (χ0) is 38.6. The Hall–Kier alpha value is -11.0. The van der Waals surface area contributed by atoms with Gasteiger partial charge in [0.2, 0.25) is 0 Å². The molecule has 226 valence electrons. The molecule has 0 saturated carbocycles. The summed E-state index contributed by atoms with van der Waals surface area (Å²) in [5, 5.41) is 0. The Labute approximate surface area is 310 Å². The van der Waals surface area contributed by atoms with E-state index in [1.807, 2.05) is 12.2 Å². The number of ether oxygens (including phenoxy) is 2. The van der Waals surface area contributed by atoms with Gasteiger partial charge < -0.3 is 9.47 Å². The lowest BCUT2D eigenvalue weighted by molar-refractivity contribution is -0.139. The van der Waals surface area contributed by atoms with Crippen LogP contribution in [0.25, 0.3) is 0 Å². The van der Waals surface area contributed by atoms with Crippen LogP contribution in [0.15, 0.2) is 12.2 Å². The number of terminal acetylenes is 2. The fourth-order valence-electron chi connectivity index (χ4n) is 1.69. The Balaban J connectivity index is 4.55. The molecule has 0 rings (SSSR count). The van der Waals surface area contributed by atoms with E-state index < -0.39 is 18.4 Å². The predicted octanol–water partition coefficient (Wildman–Crippen LogP) is 0.268. The lowest BCUT2D eigenvalue weighted by Gasteiger charge is -1.98. The van der Waals surface area contributed by atoms with Gasteiger partial charge in [0, 0.05) is 148 Å². The number of rotatable bonds is 3. The van der Waals surface area contributed by atoms with Crippen LogP contribution in [0.4, 0.5) is 0 Å². The van der Waals surface area contributed by atoms with Gasteiger partial charge in [0.15, 0.2) is 0 Å². The van der Waals surface area contributed by atoms with Crippen molar-refractivity contribution in [2.45, 2.75) is 6.42 Å². The van der Waals surface area contributed by atoms with Crippen molar-refractivity contribution >= 4 is 11.9 Å². The van der Waals surface area contributed by atoms with Crippen molar-refractivity contribution in [3.63, 3.8) is 0 Å². The summed E-state index contributed by atoms with van der Waals surface area (Å²) in [6, 6.07) is 0. The van der Waals surface area contributed by atoms with Gasteiger partial charge in [-0.3, -0.25) is 4.79 Å². The standard InChI is InChI=1S/C49H6O4/c1-4-6-8-10-12-14-16-18-20-22-24-26-28-30-32-34-36-38-40-42-44-52-48(50)46-47(3)49(51)53-45-43-41-39-37-35-33-31-29-27-25-23-21-19-17-15-13-11-9-7-5-2/h1-2H,3,46H2. The van der Waals surface area contributed by atoms with Gasteiger partial charge in [-0.25, -0.2) is 4.79 Å². The molecule has 0 spiro atoms. The van der Waals surface area contributed by atoms with Crippen molar-refractivity contribution in [2.24, 2.45) is 0 Å². The number of hydrogen-bond donors (Lipinski definition) is 0. The van der Waals surface area contributed by atoms with Crippen molar-refractivity contribution in [1.29, 1.82) is 0 Å². The second kappa shape index (κ2) is 35.5. The molecule has 4 heteroatoms. The van der Waals surface area contributed by atoms with Gasteiger partial charge in [0.05, 0.1) is 6.42 Å². The van der Waals surface area contributed by atoms with Crippen molar-refractivity contribution in [3.05, 3.63) is 12.2 Å². The Morgan fingerprint density at radius 1 is 0.340 bits per heavy atom. The Bertz CT molecular complexity index is 3000. The van der Waals surface area contributed by atoms with Crippen LogP contribution >= 0.6 is 0 Å². The highest BCUT2D eigenvalue weighted by Gasteiger charge is 2.13. The van der Waals surface area contributed by atoms with Crippen LogP contribution < -0.4 is 0 Å². The molecule has 0 aliphatic rings. The third-order valence-electron chi connectivity index (χ3n) is 3.45. The number of esters is 2. The molecule has 0 aromatic rings. The first-order valence-corrected chi connectivity index (χ1v) is 13.1. The topological polar surface area (TPSA) is 52.6 Å². The highest BCUT2D eigenvalue weighted by Crippen LogP contribution is 2.02. The molecule has 0 saturated heterocycles. The van der Waals surface area contributed by atoms with Crippen LogP contribution in [0.1, 0.15) is 6.42 Å². The van der Waals surface area contributed by atoms with Crippen LogP contribution in [0.5, 0.6) is 0 Å². The lowest BCUT2D eigenvalue weighted by atomic mass is 10.2. The summed E-state index contributed by atoms with van der Waals surface area (Å²) >= 11 is 0.